The van der Waals surface area contributed by atoms with Crippen molar-refractivity contribution >= 4 is 17.8 Å². The number of nitrogens with one attached hydrogen (secondary N) is 1. The Balaban J connectivity index is 1.58. The van der Waals surface area contributed by atoms with Crippen LogP contribution in [-0.4, -0.2) is 59.2 Å². The average Bonchev–Trinajstić information content (AvgIpc) is 3.54. The van der Waals surface area contributed by atoms with Crippen LogP contribution >= 0.6 is 0 Å². The van der Waals surface area contributed by atoms with Gasteiger partial charge in [-0.25, -0.2) is 4.98 Å². The molecule has 8 nitrogen and oxygen atoms in total. The van der Waals surface area contributed by atoms with Gasteiger partial charge in [0.15, 0.2) is 0 Å². The number of hydrogen-bond donors (Lipinski definition) is 1. The topological polar surface area (TPSA) is 85.7 Å². The van der Waals surface area contributed by atoms with Gasteiger partial charge in [-0.3, -0.25) is 19.5 Å². The summed E-state index contributed by atoms with van der Waals surface area (Å²) in [6.07, 6.45) is 4.14. The number of amides is 2. The second kappa shape index (κ2) is 12.1. The van der Waals surface area contributed by atoms with Crippen molar-refractivity contribution in [2.45, 2.75) is 46.1 Å². The van der Waals surface area contributed by atoms with E-state index in [1.54, 1.807) is 12.0 Å². The van der Waals surface area contributed by atoms with Crippen LogP contribution in [0.25, 0.3) is 16.9 Å². The molecule has 0 bridgehead atoms. The van der Waals surface area contributed by atoms with Crippen molar-refractivity contribution in [1.29, 1.82) is 0 Å². The summed E-state index contributed by atoms with van der Waals surface area (Å²) in [6.45, 7) is 7.10. The molecule has 1 atom stereocenters. The molecule has 8 heteroatoms. The molecule has 0 radical (unpaired) electrons. The molecule has 1 fully saturated rings. The molecular formula is C29H36N4O4. The number of ether oxygens (including phenoxy) is 2. The lowest BCUT2D eigenvalue weighted by Gasteiger charge is -2.25. The molecule has 196 valence electrons. The number of nitrogens with zero attached hydrogens (tertiary/aromatic N) is 3. The van der Waals surface area contributed by atoms with Crippen molar-refractivity contribution < 1.29 is 19.1 Å². The zero-order chi connectivity index (χ0) is 26.4. The normalized spacial score (nSPS) is 15.1. The molecule has 2 heterocycles. The monoisotopic (exact) mass is 504 g/mol. The van der Waals surface area contributed by atoms with Gasteiger partial charge in [0, 0.05) is 37.0 Å². The molecule has 2 amide bonds. The van der Waals surface area contributed by atoms with Gasteiger partial charge in [-0.05, 0) is 62.1 Å². The second-order valence-electron chi connectivity index (χ2n) is 9.94. The van der Waals surface area contributed by atoms with E-state index < -0.39 is 0 Å². The van der Waals surface area contributed by atoms with E-state index in [0.29, 0.717) is 31.2 Å². The lowest BCUT2D eigenvalue weighted by Crippen LogP contribution is -2.42. The smallest absolute Gasteiger partial charge is 0.246 e. The van der Waals surface area contributed by atoms with Gasteiger partial charge >= 0.3 is 0 Å². The van der Waals surface area contributed by atoms with Crippen molar-refractivity contribution in [2.24, 2.45) is 5.92 Å². The number of carbonyl (C=O) groups is 2. The molecule has 1 aliphatic rings. The zero-order valence-electron chi connectivity index (χ0n) is 22.1. The maximum atomic E-state index is 13.2. The van der Waals surface area contributed by atoms with Crippen LogP contribution in [-0.2, 0) is 14.3 Å². The number of rotatable bonds is 10. The molecule has 0 saturated carbocycles. The third kappa shape index (κ3) is 6.98. The third-order valence-corrected chi connectivity index (χ3v) is 6.37. The first kappa shape index (κ1) is 26.4. The molecule has 0 spiro atoms. The molecule has 1 aromatic heterocycles. The van der Waals surface area contributed by atoms with Crippen LogP contribution in [0.2, 0.25) is 0 Å². The fraction of sp³-hybridized carbons (Fsp3) is 0.414. The first-order valence-electron chi connectivity index (χ1n) is 12.8. The van der Waals surface area contributed by atoms with Gasteiger partial charge in [-0.15, -0.1) is 0 Å². The molecular weight excluding hydrogens is 468 g/mol. The fourth-order valence-electron chi connectivity index (χ4n) is 4.38. The Morgan fingerprint density at radius 2 is 1.89 bits per heavy atom. The summed E-state index contributed by atoms with van der Waals surface area (Å²) in [6, 6.07) is 15.6. The summed E-state index contributed by atoms with van der Waals surface area (Å²) in [4.78, 5) is 32.5. The maximum Gasteiger partial charge on any atom is 0.246 e. The molecule has 3 aromatic rings. The van der Waals surface area contributed by atoms with Gasteiger partial charge < -0.3 is 14.4 Å². The Hall–Kier alpha value is -3.65. The van der Waals surface area contributed by atoms with E-state index in [4.69, 9.17) is 14.5 Å². The summed E-state index contributed by atoms with van der Waals surface area (Å²) >= 11 is 0. The number of benzene rings is 2. The lowest BCUT2D eigenvalue weighted by atomic mass is 10.1. The van der Waals surface area contributed by atoms with Gasteiger partial charge in [0.2, 0.25) is 17.8 Å². The Morgan fingerprint density at radius 3 is 2.51 bits per heavy atom. The first-order valence-corrected chi connectivity index (χ1v) is 12.8. The second-order valence-corrected chi connectivity index (χ2v) is 9.94. The summed E-state index contributed by atoms with van der Waals surface area (Å²) in [5.41, 5.74) is 3.62. The molecule has 1 saturated heterocycles. The van der Waals surface area contributed by atoms with Gasteiger partial charge in [0.25, 0.3) is 0 Å². The van der Waals surface area contributed by atoms with Crippen LogP contribution in [0.1, 0.15) is 38.7 Å². The van der Waals surface area contributed by atoms with Crippen LogP contribution in [0.15, 0.2) is 54.7 Å². The molecule has 1 aliphatic heterocycles. The Bertz CT molecular complexity index is 1200. The van der Waals surface area contributed by atoms with E-state index in [9.17, 15) is 9.59 Å². The first-order chi connectivity index (χ1) is 17.8. The molecule has 4 rings (SSSR count). The highest BCUT2D eigenvalue weighted by molar-refractivity contribution is 5.94. The van der Waals surface area contributed by atoms with Gasteiger partial charge in [-0.2, -0.15) is 0 Å². The van der Waals surface area contributed by atoms with E-state index in [-0.39, 0.29) is 30.4 Å². The highest BCUT2D eigenvalue weighted by Gasteiger charge is 2.25. The Labute approximate surface area is 218 Å². The quantitative estimate of drug-likeness (QED) is 0.427. The van der Waals surface area contributed by atoms with E-state index in [1.165, 1.54) is 0 Å². The summed E-state index contributed by atoms with van der Waals surface area (Å²) in [7, 11) is 1.63. The molecule has 37 heavy (non-hydrogen) atoms. The lowest BCUT2D eigenvalue weighted by molar-refractivity contribution is -0.136. The zero-order valence-corrected chi connectivity index (χ0v) is 22.1. The number of carbonyl (C=O) groups excluding carboxylic acids is 2. The number of aryl methyl sites for hydroxylation is 1. The fourth-order valence-corrected chi connectivity index (χ4v) is 4.38. The van der Waals surface area contributed by atoms with Crippen molar-refractivity contribution in [3.8, 4) is 22.7 Å². The third-order valence-electron chi connectivity index (χ3n) is 6.37. The molecule has 2 aromatic carbocycles. The van der Waals surface area contributed by atoms with Crippen molar-refractivity contribution in [2.75, 3.05) is 32.1 Å². The maximum absolute atomic E-state index is 13.2. The number of aromatic nitrogens is 2. The van der Waals surface area contributed by atoms with E-state index in [0.717, 1.165) is 35.4 Å². The minimum Gasteiger partial charge on any atom is -0.497 e. The van der Waals surface area contributed by atoms with Crippen LogP contribution in [0.4, 0.5) is 5.95 Å². The predicted molar refractivity (Wildman–Crippen MR) is 144 cm³/mol. The Kier molecular flexibility index (Phi) is 8.61. The molecule has 1 unspecified atom stereocenters. The van der Waals surface area contributed by atoms with Crippen LogP contribution in [0.3, 0.4) is 0 Å². The minimum atomic E-state index is -0.296. The summed E-state index contributed by atoms with van der Waals surface area (Å²) in [5, 5.41) is 2.95. The SMILES string of the molecule is COc1ccc(-c2cn(-c3ccc(C)cc3)c(NC(=O)CN(CC3CCCO3)C(=O)CC(C)C)n2)cc1. The molecule has 0 aliphatic carbocycles. The van der Waals surface area contributed by atoms with Gasteiger partial charge in [-0.1, -0.05) is 31.5 Å². The number of anilines is 1. The standard InChI is InChI=1S/C29H36N4O4/c1-20(2)16-28(35)32(17-25-6-5-15-37-25)19-27(34)31-29-30-26(22-9-13-24(36-4)14-10-22)18-33(29)23-11-7-21(3)8-12-23/h7-14,18,20,25H,5-6,15-17,19H2,1-4H3,(H,30,31,34). The van der Waals surface area contributed by atoms with Crippen molar-refractivity contribution in [3.05, 3.63) is 60.3 Å². The van der Waals surface area contributed by atoms with Crippen molar-refractivity contribution in [3.63, 3.8) is 0 Å². The Morgan fingerprint density at radius 1 is 1.16 bits per heavy atom. The number of imidazole rings is 1. The van der Waals surface area contributed by atoms with E-state index >= 15 is 0 Å². The summed E-state index contributed by atoms with van der Waals surface area (Å²) in [5.74, 6) is 1.02. The molecule has 1 N–H and O–H groups in total. The van der Waals surface area contributed by atoms with Crippen molar-refractivity contribution in [1.82, 2.24) is 14.5 Å². The number of methoxy groups -OCH3 is 1. The van der Waals surface area contributed by atoms with Crippen LogP contribution in [0, 0.1) is 12.8 Å². The average molecular weight is 505 g/mol. The minimum absolute atomic E-state index is 0.0277. The largest absolute Gasteiger partial charge is 0.497 e. The highest BCUT2D eigenvalue weighted by Crippen LogP contribution is 2.26. The van der Waals surface area contributed by atoms with Crippen LogP contribution < -0.4 is 10.1 Å². The highest BCUT2D eigenvalue weighted by atomic mass is 16.5. The number of hydrogen-bond acceptors (Lipinski definition) is 5. The van der Waals surface area contributed by atoms with Gasteiger partial charge in [0.05, 0.1) is 18.9 Å². The predicted octanol–water partition coefficient (Wildman–Crippen LogP) is 4.85. The summed E-state index contributed by atoms with van der Waals surface area (Å²) < 4.78 is 12.9. The van der Waals surface area contributed by atoms with E-state index in [2.05, 4.69) is 5.32 Å². The van der Waals surface area contributed by atoms with Gasteiger partial charge in [0.1, 0.15) is 12.3 Å². The van der Waals surface area contributed by atoms with E-state index in [1.807, 2.05) is 80.1 Å². The van der Waals surface area contributed by atoms with Crippen LogP contribution in [0.5, 0.6) is 5.75 Å².